The molecule has 0 saturated carbocycles. The fourth-order valence-electron chi connectivity index (χ4n) is 4.20. The van der Waals surface area contributed by atoms with Gasteiger partial charge in [0.1, 0.15) is 5.82 Å². The summed E-state index contributed by atoms with van der Waals surface area (Å²) in [6.07, 6.45) is 5.71. The van der Waals surface area contributed by atoms with Crippen LogP contribution in [-0.2, 0) is 4.74 Å². The van der Waals surface area contributed by atoms with E-state index in [0.29, 0.717) is 17.6 Å². The Morgan fingerprint density at radius 3 is 2.36 bits per heavy atom. The number of ether oxygens (including phenoxy) is 1. The van der Waals surface area contributed by atoms with Crippen LogP contribution in [0.2, 0.25) is 0 Å². The van der Waals surface area contributed by atoms with Crippen LogP contribution in [0.15, 0.2) is 36.4 Å². The molecule has 3 heterocycles. The van der Waals surface area contributed by atoms with Crippen LogP contribution in [0.1, 0.15) is 54.1 Å². The van der Waals surface area contributed by atoms with E-state index < -0.39 is 5.97 Å². The van der Waals surface area contributed by atoms with Gasteiger partial charge in [-0.1, -0.05) is 30.3 Å². The van der Waals surface area contributed by atoms with Gasteiger partial charge in [-0.05, 0) is 43.6 Å². The van der Waals surface area contributed by atoms with E-state index in [1.54, 1.807) is 6.07 Å². The predicted molar refractivity (Wildman–Crippen MR) is 110 cm³/mol. The van der Waals surface area contributed by atoms with E-state index >= 15 is 0 Å². The Kier molecular flexibility index (Phi) is 5.74. The Morgan fingerprint density at radius 2 is 1.68 bits per heavy atom. The molecule has 2 aliphatic heterocycles. The highest BCUT2D eigenvalue weighted by Gasteiger charge is 2.25. The van der Waals surface area contributed by atoms with Crippen LogP contribution in [0, 0.1) is 0 Å². The number of rotatable bonds is 4. The smallest absolute Gasteiger partial charge is 0.356 e. The molecule has 2 aliphatic rings. The number of piperidine rings is 2. The number of carbonyl (C=O) groups is 1. The summed E-state index contributed by atoms with van der Waals surface area (Å²) in [4.78, 5) is 26.0. The average Bonchev–Trinajstić information content (AvgIpc) is 2.79. The summed E-state index contributed by atoms with van der Waals surface area (Å²) in [6, 6.07) is 12.5. The van der Waals surface area contributed by atoms with Gasteiger partial charge in [0.25, 0.3) is 0 Å². The standard InChI is InChI=1S/C22H28N4O2/c1-28-21(27)19-16-20(25-12-6-3-7-13-25)24-22(23-19)26-14-10-18(11-15-26)17-8-4-2-5-9-17/h2,4-5,8-9,16,18H,3,6-7,10-15H2,1H3. The molecule has 28 heavy (non-hydrogen) atoms. The summed E-state index contributed by atoms with van der Waals surface area (Å²) in [7, 11) is 1.40. The number of hydrogen-bond donors (Lipinski definition) is 0. The Bertz CT molecular complexity index is 797. The number of esters is 1. The minimum atomic E-state index is -0.402. The van der Waals surface area contributed by atoms with Crippen molar-refractivity contribution < 1.29 is 9.53 Å². The lowest BCUT2D eigenvalue weighted by Crippen LogP contribution is -2.36. The maximum atomic E-state index is 12.2. The second-order valence-corrected chi connectivity index (χ2v) is 7.62. The molecule has 2 saturated heterocycles. The number of anilines is 2. The van der Waals surface area contributed by atoms with Crippen molar-refractivity contribution in [1.29, 1.82) is 0 Å². The van der Waals surface area contributed by atoms with Crippen LogP contribution in [0.3, 0.4) is 0 Å². The third-order valence-electron chi connectivity index (χ3n) is 5.82. The molecule has 148 valence electrons. The molecular formula is C22H28N4O2. The third kappa shape index (κ3) is 4.11. The highest BCUT2D eigenvalue weighted by atomic mass is 16.5. The molecule has 0 radical (unpaired) electrons. The summed E-state index contributed by atoms with van der Waals surface area (Å²) in [5.74, 6) is 1.66. The SMILES string of the molecule is COC(=O)c1cc(N2CCCCC2)nc(N2CCC(c3ccccc3)CC2)n1. The lowest BCUT2D eigenvalue weighted by molar-refractivity contribution is 0.0594. The van der Waals surface area contributed by atoms with Crippen LogP contribution in [0.4, 0.5) is 11.8 Å². The van der Waals surface area contributed by atoms with E-state index in [9.17, 15) is 4.79 Å². The molecule has 6 nitrogen and oxygen atoms in total. The number of carbonyl (C=O) groups excluding carboxylic acids is 1. The van der Waals surface area contributed by atoms with E-state index in [1.807, 2.05) is 0 Å². The first-order valence-corrected chi connectivity index (χ1v) is 10.3. The van der Waals surface area contributed by atoms with E-state index in [1.165, 1.54) is 19.1 Å². The second-order valence-electron chi connectivity index (χ2n) is 7.62. The summed E-state index contributed by atoms with van der Waals surface area (Å²) >= 11 is 0. The van der Waals surface area contributed by atoms with Gasteiger partial charge in [0, 0.05) is 32.2 Å². The molecule has 2 fully saturated rings. The van der Waals surface area contributed by atoms with E-state index in [-0.39, 0.29) is 0 Å². The van der Waals surface area contributed by atoms with Crippen LogP contribution < -0.4 is 9.80 Å². The zero-order valence-corrected chi connectivity index (χ0v) is 16.5. The van der Waals surface area contributed by atoms with Crippen LogP contribution in [0.25, 0.3) is 0 Å². The summed E-state index contributed by atoms with van der Waals surface area (Å²) < 4.78 is 4.93. The van der Waals surface area contributed by atoms with Gasteiger partial charge < -0.3 is 14.5 Å². The second kappa shape index (κ2) is 8.59. The first-order chi connectivity index (χ1) is 13.7. The Labute approximate surface area is 166 Å². The molecule has 6 heteroatoms. The van der Waals surface area contributed by atoms with Crippen molar-refractivity contribution in [2.45, 2.75) is 38.0 Å². The first-order valence-electron chi connectivity index (χ1n) is 10.3. The molecule has 0 spiro atoms. The topological polar surface area (TPSA) is 58.6 Å². The van der Waals surface area contributed by atoms with Gasteiger partial charge in [-0.15, -0.1) is 0 Å². The highest BCUT2D eigenvalue weighted by Crippen LogP contribution is 2.30. The molecule has 1 aromatic carbocycles. The molecule has 2 aromatic rings. The van der Waals surface area contributed by atoms with Gasteiger partial charge in [0.2, 0.25) is 5.95 Å². The molecule has 0 N–H and O–H groups in total. The number of methoxy groups -OCH3 is 1. The third-order valence-corrected chi connectivity index (χ3v) is 5.82. The molecule has 4 rings (SSSR count). The minimum Gasteiger partial charge on any atom is -0.464 e. The summed E-state index contributed by atoms with van der Waals surface area (Å²) in [5, 5.41) is 0. The normalized spacial score (nSPS) is 18.2. The van der Waals surface area contributed by atoms with Crippen molar-refractivity contribution in [2.24, 2.45) is 0 Å². The van der Waals surface area contributed by atoms with Gasteiger partial charge in [-0.2, -0.15) is 4.98 Å². The lowest BCUT2D eigenvalue weighted by atomic mass is 9.90. The predicted octanol–water partition coefficient (Wildman–Crippen LogP) is 3.64. The van der Waals surface area contributed by atoms with Gasteiger partial charge in [0.15, 0.2) is 5.69 Å². The van der Waals surface area contributed by atoms with E-state index in [4.69, 9.17) is 9.72 Å². The van der Waals surface area contributed by atoms with Crippen LogP contribution in [-0.4, -0.2) is 49.2 Å². The first kappa shape index (κ1) is 18.7. The molecule has 0 unspecified atom stereocenters. The van der Waals surface area contributed by atoms with E-state index in [0.717, 1.165) is 57.7 Å². The number of benzene rings is 1. The highest BCUT2D eigenvalue weighted by molar-refractivity contribution is 5.88. The molecule has 0 aliphatic carbocycles. The number of hydrogen-bond acceptors (Lipinski definition) is 6. The van der Waals surface area contributed by atoms with Gasteiger partial charge in [-0.25, -0.2) is 9.78 Å². The van der Waals surface area contributed by atoms with Crippen molar-refractivity contribution in [2.75, 3.05) is 43.1 Å². The number of aromatic nitrogens is 2. The Hall–Kier alpha value is -2.63. The Morgan fingerprint density at radius 1 is 0.964 bits per heavy atom. The molecule has 0 bridgehead atoms. The maximum Gasteiger partial charge on any atom is 0.356 e. The minimum absolute atomic E-state index is 0.346. The fourth-order valence-corrected chi connectivity index (χ4v) is 4.20. The number of nitrogens with zero attached hydrogens (tertiary/aromatic N) is 4. The summed E-state index contributed by atoms with van der Waals surface area (Å²) in [6.45, 7) is 3.74. The molecular weight excluding hydrogens is 352 g/mol. The molecule has 0 amide bonds. The monoisotopic (exact) mass is 380 g/mol. The van der Waals surface area contributed by atoms with E-state index in [2.05, 4.69) is 45.1 Å². The van der Waals surface area contributed by atoms with Gasteiger partial charge in [-0.3, -0.25) is 0 Å². The zero-order chi connectivity index (χ0) is 19.3. The quantitative estimate of drug-likeness (QED) is 0.755. The zero-order valence-electron chi connectivity index (χ0n) is 16.5. The van der Waals surface area contributed by atoms with Crippen molar-refractivity contribution in [3.63, 3.8) is 0 Å². The van der Waals surface area contributed by atoms with Crippen molar-refractivity contribution in [1.82, 2.24) is 9.97 Å². The molecule has 1 aromatic heterocycles. The summed E-state index contributed by atoms with van der Waals surface area (Å²) in [5.41, 5.74) is 1.75. The average molecular weight is 380 g/mol. The van der Waals surface area contributed by atoms with Crippen LogP contribution in [0.5, 0.6) is 0 Å². The fraction of sp³-hybridized carbons (Fsp3) is 0.500. The Balaban J connectivity index is 1.54. The largest absolute Gasteiger partial charge is 0.464 e. The molecule has 0 atom stereocenters. The van der Waals surface area contributed by atoms with Crippen LogP contribution >= 0.6 is 0 Å². The van der Waals surface area contributed by atoms with Gasteiger partial charge >= 0.3 is 5.97 Å². The lowest BCUT2D eigenvalue weighted by Gasteiger charge is -2.33. The van der Waals surface area contributed by atoms with Crippen molar-refractivity contribution in [3.8, 4) is 0 Å². The maximum absolute atomic E-state index is 12.2. The van der Waals surface area contributed by atoms with Gasteiger partial charge in [0.05, 0.1) is 7.11 Å². The van der Waals surface area contributed by atoms with Crippen molar-refractivity contribution >= 4 is 17.7 Å². The van der Waals surface area contributed by atoms with Crippen molar-refractivity contribution in [3.05, 3.63) is 47.7 Å².